The number of hydrogen-bond donors (Lipinski definition) is 4. The Kier molecular flexibility index (Phi) is 7.91. The first-order valence-corrected chi connectivity index (χ1v) is 13.7. The summed E-state index contributed by atoms with van der Waals surface area (Å²) in [6.45, 7) is 9.51. The van der Waals surface area contributed by atoms with E-state index in [9.17, 15) is 19.5 Å². The third kappa shape index (κ3) is 6.15. The molecular formula is C28H36N8O5. The summed E-state index contributed by atoms with van der Waals surface area (Å²) in [5, 5.41) is 23.3. The zero-order valence-electron chi connectivity index (χ0n) is 23.7. The molecule has 1 fully saturated rings. The molecule has 0 radical (unpaired) electrons. The quantitative estimate of drug-likeness (QED) is 0.324. The van der Waals surface area contributed by atoms with Crippen LogP contribution in [0.25, 0.3) is 11.4 Å². The minimum Gasteiger partial charge on any atom is -0.391 e. The molecule has 3 atom stereocenters. The molecule has 218 valence electrons. The molecular weight excluding hydrogens is 528 g/mol. The number of fused-ring (bicyclic) bond motifs is 1. The van der Waals surface area contributed by atoms with E-state index in [1.165, 1.54) is 4.90 Å². The summed E-state index contributed by atoms with van der Waals surface area (Å²) in [5.74, 6) is -0.289. The van der Waals surface area contributed by atoms with Gasteiger partial charge in [-0.25, -0.2) is 4.98 Å². The highest BCUT2D eigenvalue weighted by atomic mass is 16.5. The summed E-state index contributed by atoms with van der Waals surface area (Å²) in [5.41, 5.74) is 2.00. The van der Waals surface area contributed by atoms with Gasteiger partial charge in [-0.15, -0.1) is 0 Å². The zero-order chi connectivity index (χ0) is 29.3. The Morgan fingerprint density at radius 1 is 1.22 bits per heavy atom. The van der Waals surface area contributed by atoms with Crippen molar-refractivity contribution in [1.82, 2.24) is 40.5 Å². The summed E-state index contributed by atoms with van der Waals surface area (Å²) >= 11 is 0. The van der Waals surface area contributed by atoms with E-state index in [2.05, 4.69) is 31.1 Å². The van der Waals surface area contributed by atoms with Crippen LogP contribution in [0.3, 0.4) is 0 Å². The lowest BCUT2D eigenvalue weighted by atomic mass is 9.85. The Morgan fingerprint density at radius 3 is 2.66 bits per heavy atom. The predicted octanol–water partition coefficient (Wildman–Crippen LogP) is 0.767. The lowest BCUT2D eigenvalue weighted by molar-refractivity contribution is -0.142. The van der Waals surface area contributed by atoms with Crippen LogP contribution < -0.4 is 16.0 Å². The van der Waals surface area contributed by atoms with Crippen LogP contribution in [0.5, 0.6) is 0 Å². The third-order valence-corrected chi connectivity index (χ3v) is 7.44. The molecule has 4 heterocycles. The van der Waals surface area contributed by atoms with E-state index in [0.29, 0.717) is 24.8 Å². The van der Waals surface area contributed by atoms with E-state index in [1.807, 2.05) is 49.6 Å². The molecule has 2 aliphatic rings. The van der Waals surface area contributed by atoms with Crippen LogP contribution in [0.1, 0.15) is 54.8 Å². The molecule has 1 aromatic carbocycles. The highest BCUT2D eigenvalue weighted by molar-refractivity contribution is 5.98. The van der Waals surface area contributed by atoms with Crippen LogP contribution in [-0.2, 0) is 29.2 Å². The number of likely N-dealkylation sites (tertiary alicyclic amines) is 1. The molecule has 0 aliphatic carbocycles. The average molecular weight is 565 g/mol. The molecule has 3 aromatic rings. The zero-order valence-corrected chi connectivity index (χ0v) is 23.7. The standard InChI is InChI=1S/C28H36N8O5/c1-16-32-24(34-41-16)18-7-5-17(6-8-18)12-30-25(38)20-11-19(37)14-36(20)27(40)23(28(2,3)4)33-26(39)22-21-13-29-9-10-35(21)15-31-22/h5-8,15,19-20,23,29,37H,9-14H2,1-4H3,(H,30,38)(H,33,39)/t19-,20+,23-/m1/s1. The molecule has 2 aliphatic heterocycles. The van der Waals surface area contributed by atoms with Gasteiger partial charge in [-0.2, -0.15) is 4.98 Å². The number of nitrogens with one attached hydrogen (secondary N) is 3. The molecule has 3 amide bonds. The van der Waals surface area contributed by atoms with E-state index in [4.69, 9.17) is 4.52 Å². The van der Waals surface area contributed by atoms with E-state index in [1.54, 1.807) is 13.3 Å². The summed E-state index contributed by atoms with van der Waals surface area (Å²) in [7, 11) is 0. The fraction of sp³-hybridized carbons (Fsp3) is 0.500. The number of aliphatic hydroxyl groups is 1. The maximum atomic E-state index is 13.9. The second-order valence-corrected chi connectivity index (χ2v) is 11.6. The van der Waals surface area contributed by atoms with Crippen LogP contribution >= 0.6 is 0 Å². The lowest BCUT2D eigenvalue weighted by Gasteiger charge is -2.35. The summed E-state index contributed by atoms with van der Waals surface area (Å²) in [4.78, 5) is 50.3. The molecule has 4 N–H and O–H groups in total. The highest BCUT2D eigenvalue weighted by Gasteiger charge is 2.44. The molecule has 0 saturated carbocycles. The molecule has 13 nitrogen and oxygen atoms in total. The topological polar surface area (TPSA) is 168 Å². The van der Waals surface area contributed by atoms with Crippen LogP contribution in [0, 0.1) is 12.3 Å². The van der Waals surface area contributed by atoms with Gasteiger partial charge in [0.25, 0.3) is 5.91 Å². The monoisotopic (exact) mass is 564 g/mol. The minimum absolute atomic E-state index is 0.00197. The van der Waals surface area contributed by atoms with Gasteiger partial charge in [-0.1, -0.05) is 50.2 Å². The molecule has 0 unspecified atom stereocenters. The van der Waals surface area contributed by atoms with Crippen LogP contribution in [0.15, 0.2) is 35.1 Å². The van der Waals surface area contributed by atoms with Gasteiger partial charge >= 0.3 is 0 Å². The summed E-state index contributed by atoms with van der Waals surface area (Å²) in [6, 6.07) is 5.57. The second-order valence-electron chi connectivity index (χ2n) is 11.6. The van der Waals surface area contributed by atoms with Crippen LogP contribution in [0.2, 0.25) is 0 Å². The number of β-amino-alcohol motifs (C(OH)–C–C–N with tert-alkyl or cyclic N) is 1. The number of aryl methyl sites for hydroxylation is 1. The van der Waals surface area contributed by atoms with Crippen molar-refractivity contribution in [3.63, 3.8) is 0 Å². The lowest BCUT2D eigenvalue weighted by Crippen LogP contribution is -2.57. The number of imidazole rings is 1. The molecule has 1 saturated heterocycles. The van der Waals surface area contributed by atoms with Crippen LogP contribution in [0.4, 0.5) is 0 Å². The van der Waals surface area contributed by atoms with Crippen molar-refractivity contribution in [1.29, 1.82) is 0 Å². The van der Waals surface area contributed by atoms with Crippen molar-refractivity contribution in [2.75, 3.05) is 13.1 Å². The second kappa shape index (κ2) is 11.4. The van der Waals surface area contributed by atoms with Gasteiger partial charge in [0.05, 0.1) is 18.1 Å². The normalized spacial score (nSPS) is 19.5. The molecule has 0 bridgehead atoms. The van der Waals surface area contributed by atoms with E-state index < -0.39 is 35.4 Å². The Morgan fingerprint density at radius 2 is 1.98 bits per heavy atom. The van der Waals surface area contributed by atoms with Gasteiger partial charge in [0, 0.05) is 51.6 Å². The Bertz CT molecular complexity index is 1420. The first kappa shape index (κ1) is 28.4. The molecule has 13 heteroatoms. The van der Waals surface area contributed by atoms with Crippen molar-refractivity contribution in [3.05, 3.63) is 53.4 Å². The third-order valence-electron chi connectivity index (χ3n) is 7.44. The number of hydrogen-bond acceptors (Lipinski definition) is 9. The maximum absolute atomic E-state index is 13.9. The summed E-state index contributed by atoms with van der Waals surface area (Å²) < 4.78 is 6.95. The van der Waals surface area contributed by atoms with Gasteiger partial charge in [0.1, 0.15) is 12.1 Å². The Hall–Kier alpha value is -4.10. The average Bonchev–Trinajstić information content (AvgIpc) is 3.67. The van der Waals surface area contributed by atoms with Gasteiger partial charge in [0.2, 0.25) is 23.5 Å². The van der Waals surface area contributed by atoms with E-state index in [0.717, 1.165) is 23.4 Å². The predicted molar refractivity (Wildman–Crippen MR) is 147 cm³/mol. The van der Waals surface area contributed by atoms with Gasteiger partial charge in [-0.3, -0.25) is 14.4 Å². The van der Waals surface area contributed by atoms with Crippen molar-refractivity contribution in [2.45, 2.75) is 71.9 Å². The number of rotatable bonds is 7. The molecule has 2 aromatic heterocycles. The Balaban J connectivity index is 1.26. The largest absolute Gasteiger partial charge is 0.391 e. The molecule has 0 spiro atoms. The fourth-order valence-electron chi connectivity index (χ4n) is 5.20. The van der Waals surface area contributed by atoms with Gasteiger partial charge in [-0.05, 0) is 11.0 Å². The van der Waals surface area contributed by atoms with Gasteiger partial charge in [0.15, 0.2) is 5.69 Å². The number of carbonyl (C=O) groups is 3. The van der Waals surface area contributed by atoms with Crippen molar-refractivity contribution < 1.29 is 24.0 Å². The van der Waals surface area contributed by atoms with Gasteiger partial charge < -0.3 is 35.0 Å². The van der Waals surface area contributed by atoms with Crippen molar-refractivity contribution in [2.24, 2.45) is 5.41 Å². The molecule has 5 rings (SSSR count). The highest BCUT2D eigenvalue weighted by Crippen LogP contribution is 2.27. The van der Waals surface area contributed by atoms with Crippen LogP contribution in [-0.4, -0.2) is 78.7 Å². The number of amides is 3. The van der Waals surface area contributed by atoms with E-state index >= 15 is 0 Å². The molecule has 41 heavy (non-hydrogen) atoms. The van der Waals surface area contributed by atoms with Crippen molar-refractivity contribution in [3.8, 4) is 11.4 Å². The number of benzene rings is 1. The Labute approximate surface area is 237 Å². The van der Waals surface area contributed by atoms with E-state index in [-0.39, 0.29) is 31.1 Å². The number of nitrogens with zero attached hydrogens (tertiary/aromatic N) is 5. The minimum atomic E-state index is -0.939. The SMILES string of the molecule is Cc1nc(-c2ccc(CNC(=O)[C@@H]3C[C@@H](O)CN3C(=O)[C@@H](NC(=O)c3ncn4c3CNCC4)C(C)(C)C)cc2)no1. The van der Waals surface area contributed by atoms with Crippen molar-refractivity contribution >= 4 is 17.7 Å². The first-order chi connectivity index (χ1) is 19.5. The number of aromatic nitrogens is 4. The summed E-state index contributed by atoms with van der Waals surface area (Å²) in [6.07, 6.45) is 0.893. The maximum Gasteiger partial charge on any atom is 0.272 e. The number of aliphatic hydroxyl groups excluding tert-OH is 1. The first-order valence-electron chi connectivity index (χ1n) is 13.7. The number of carbonyl (C=O) groups excluding carboxylic acids is 3. The fourth-order valence-corrected chi connectivity index (χ4v) is 5.20. The smallest absolute Gasteiger partial charge is 0.272 e.